The van der Waals surface area contributed by atoms with E-state index in [1.54, 1.807) is 22.9 Å². The minimum atomic E-state index is -0.397. The summed E-state index contributed by atoms with van der Waals surface area (Å²) in [6.45, 7) is 0.636. The van der Waals surface area contributed by atoms with Crippen molar-refractivity contribution < 1.29 is 19.1 Å². The second kappa shape index (κ2) is 8.32. The summed E-state index contributed by atoms with van der Waals surface area (Å²) in [4.78, 5) is 52.8. The fraction of sp³-hybridized carbons (Fsp3) is 0.200. The van der Waals surface area contributed by atoms with Crippen LogP contribution in [0.15, 0.2) is 59.8 Å². The molecule has 1 aromatic carbocycles. The molecule has 5 heterocycles. The van der Waals surface area contributed by atoms with E-state index in [1.165, 1.54) is 23.4 Å². The third-order valence-corrected chi connectivity index (χ3v) is 6.20. The van der Waals surface area contributed by atoms with Crippen molar-refractivity contribution in [2.75, 3.05) is 13.3 Å². The van der Waals surface area contributed by atoms with E-state index < -0.39 is 5.91 Å². The highest BCUT2D eigenvalue weighted by Crippen LogP contribution is 2.32. The van der Waals surface area contributed by atoms with Crippen molar-refractivity contribution >= 4 is 22.8 Å². The average Bonchev–Trinajstić information content (AvgIpc) is 3.45. The van der Waals surface area contributed by atoms with Crippen molar-refractivity contribution in [3.63, 3.8) is 0 Å². The van der Waals surface area contributed by atoms with Crippen LogP contribution in [0, 0.1) is 0 Å². The van der Waals surface area contributed by atoms with E-state index in [-0.39, 0.29) is 36.8 Å². The molecule has 6 rings (SSSR count). The van der Waals surface area contributed by atoms with Crippen molar-refractivity contribution in [3.05, 3.63) is 87.9 Å². The van der Waals surface area contributed by atoms with Crippen LogP contribution in [0.5, 0.6) is 11.5 Å². The molecule has 10 heteroatoms. The number of nitrogens with zero attached hydrogens (tertiary/aromatic N) is 5. The Morgan fingerprint density at radius 2 is 1.74 bits per heavy atom. The number of rotatable bonds is 6. The Hall–Kier alpha value is -4.60. The minimum Gasteiger partial charge on any atom is -0.454 e. The monoisotopic (exact) mass is 469 g/mol. The van der Waals surface area contributed by atoms with E-state index in [2.05, 4.69) is 15.0 Å². The van der Waals surface area contributed by atoms with Crippen LogP contribution in [-0.4, -0.2) is 49.6 Å². The van der Waals surface area contributed by atoms with Crippen LogP contribution in [0.1, 0.15) is 32.1 Å². The first-order valence-corrected chi connectivity index (χ1v) is 11.1. The summed E-state index contributed by atoms with van der Waals surface area (Å²) in [5.41, 5.74) is 1.71. The predicted octanol–water partition coefficient (Wildman–Crippen LogP) is 2.00. The zero-order valence-electron chi connectivity index (χ0n) is 18.5. The van der Waals surface area contributed by atoms with E-state index in [0.717, 1.165) is 5.56 Å². The number of amides is 2. The molecular weight excluding hydrogens is 450 g/mol. The predicted molar refractivity (Wildman–Crippen MR) is 123 cm³/mol. The fourth-order valence-corrected chi connectivity index (χ4v) is 4.41. The summed E-state index contributed by atoms with van der Waals surface area (Å²) in [5, 5.41) is 0.411. The van der Waals surface area contributed by atoms with E-state index in [1.807, 2.05) is 18.2 Å². The molecule has 0 radical (unpaired) electrons. The van der Waals surface area contributed by atoms with Gasteiger partial charge in [0.05, 0.1) is 16.5 Å². The Kier molecular flexibility index (Phi) is 4.98. The third-order valence-electron chi connectivity index (χ3n) is 6.20. The summed E-state index contributed by atoms with van der Waals surface area (Å²) in [5.74, 6) is 1.06. The number of hydrogen-bond acceptors (Lipinski definition) is 8. The summed E-state index contributed by atoms with van der Waals surface area (Å²) in [6.07, 6.45) is 5.22. The Balaban J connectivity index is 1.29. The molecule has 35 heavy (non-hydrogen) atoms. The number of hydrogen-bond donors (Lipinski definition) is 0. The number of carbonyl (C=O) groups excluding carboxylic acids is 2. The van der Waals surface area contributed by atoms with Gasteiger partial charge >= 0.3 is 0 Å². The van der Waals surface area contributed by atoms with Gasteiger partial charge in [0.2, 0.25) is 6.79 Å². The normalized spacial score (nSPS) is 14.1. The maximum atomic E-state index is 13.3. The van der Waals surface area contributed by atoms with Gasteiger partial charge in [-0.05, 0) is 42.3 Å². The Labute approximate surface area is 198 Å². The number of pyridine rings is 2. The highest BCUT2D eigenvalue weighted by molar-refractivity contribution is 6.21. The summed E-state index contributed by atoms with van der Waals surface area (Å²) in [6, 6.07) is 10.6. The van der Waals surface area contributed by atoms with Gasteiger partial charge in [0, 0.05) is 38.1 Å². The molecule has 174 valence electrons. The largest absolute Gasteiger partial charge is 0.454 e. The number of ether oxygens (including phenoxy) is 2. The lowest BCUT2D eigenvalue weighted by Crippen LogP contribution is -2.34. The lowest BCUT2D eigenvalue weighted by atomic mass is 10.1. The lowest BCUT2D eigenvalue weighted by Gasteiger charge is -2.17. The first-order valence-electron chi connectivity index (χ1n) is 11.1. The standard InChI is InChI=1S/C25H19N5O5/c31-23-16-5-9-26-13-18(16)25(33)30(23)11-7-21-28-22-17(2-1-8-27-22)24(32)29(21)10-6-15-3-4-19-20(12-15)35-14-34-19/h1-5,8-9,12-13H,6-7,10-11,14H2. The van der Waals surface area contributed by atoms with Crippen molar-refractivity contribution in [2.45, 2.75) is 19.4 Å². The van der Waals surface area contributed by atoms with Crippen molar-refractivity contribution in [1.82, 2.24) is 24.4 Å². The van der Waals surface area contributed by atoms with Crippen molar-refractivity contribution in [1.29, 1.82) is 0 Å². The summed E-state index contributed by atoms with van der Waals surface area (Å²) >= 11 is 0. The molecule has 0 saturated heterocycles. The smallest absolute Gasteiger partial charge is 0.263 e. The van der Waals surface area contributed by atoms with Crippen LogP contribution < -0.4 is 15.0 Å². The van der Waals surface area contributed by atoms with Crippen LogP contribution >= 0.6 is 0 Å². The molecule has 4 aromatic rings. The maximum Gasteiger partial charge on any atom is 0.263 e. The van der Waals surface area contributed by atoms with Crippen molar-refractivity contribution in [2.24, 2.45) is 0 Å². The van der Waals surface area contributed by atoms with Gasteiger partial charge in [-0.25, -0.2) is 9.97 Å². The molecule has 0 fully saturated rings. The Morgan fingerprint density at radius 1 is 0.886 bits per heavy atom. The molecule has 0 aliphatic carbocycles. The highest BCUT2D eigenvalue weighted by Gasteiger charge is 2.35. The molecule has 0 atom stereocenters. The second-order valence-corrected chi connectivity index (χ2v) is 8.23. The third kappa shape index (κ3) is 3.59. The molecule has 2 aliphatic rings. The second-order valence-electron chi connectivity index (χ2n) is 8.23. The quantitative estimate of drug-likeness (QED) is 0.394. The minimum absolute atomic E-state index is 0.0845. The summed E-state index contributed by atoms with van der Waals surface area (Å²) in [7, 11) is 0. The van der Waals surface area contributed by atoms with E-state index in [9.17, 15) is 14.4 Å². The average molecular weight is 469 g/mol. The van der Waals surface area contributed by atoms with Crippen LogP contribution in [0.3, 0.4) is 0 Å². The molecule has 0 saturated carbocycles. The summed E-state index contributed by atoms with van der Waals surface area (Å²) < 4.78 is 12.4. The number of aryl methyl sites for hydroxylation is 1. The topological polar surface area (TPSA) is 117 Å². The van der Waals surface area contributed by atoms with E-state index >= 15 is 0 Å². The number of aromatic nitrogens is 4. The van der Waals surface area contributed by atoms with Gasteiger partial charge in [-0.1, -0.05) is 6.07 Å². The van der Waals surface area contributed by atoms with Gasteiger partial charge in [0.1, 0.15) is 5.82 Å². The molecule has 10 nitrogen and oxygen atoms in total. The number of carbonyl (C=O) groups is 2. The molecule has 0 bridgehead atoms. The van der Waals surface area contributed by atoms with Gasteiger partial charge in [-0.2, -0.15) is 0 Å². The van der Waals surface area contributed by atoms with Gasteiger partial charge in [-0.3, -0.25) is 28.8 Å². The van der Waals surface area contributed by atoms with Crippen LogP contribution in [0.25, 0.3) is 11.0 Å². The molecule has 0 spiro atoms. The van der Waals surface area contributed by atoms with Crippen LogP contribution in [0.2, 0.25) is 0 Å². The molecule has 3 aromatic heterocycles. The molecule has 2 amide bonds. The molecule has 0 N–H and O–H groups in total. The number of benzene rings is 1. The first-order chi connectivity index (χ1) is 17.1. The zero-order chi connectivity index (χ0) is 23.9. The van der Waals surface area contributed by atoms with E-state index in [0.29, 0.717) is 46.9 Å². The Morgan fingerprint density at radius 3 is 2.63 bits per heavy atom. The van der Waals surface area contributed by atoms with E-state index in [4.69, 9.17) is 9.47 Å². The van der Waals surface area contributed by atoms with Gasteiger partial charge in [0.25, 0.3) is 17.4 Å². The lowest BCUT2D eigenvalue weighted by molar-refractivity contribution is 0.0655. The zero-order valence-corrected chi connectivity index (χ0v) is 18.5. The first kappa shape index (κ1) is 21.0. The van der Waals surface area contributed by atoms with Crippen molar-refractivity contribution in [3.8, 4) is 11.5 Å². The van der Waals surface area contributed by atoms with Gasteiger partial charge in [-0.15, -0.1) is 0 Å². The Bertz CT molecular complexity index is 1530. The fourth-order valence-electron chi connectivity index (χ4n) is 4.41. The number of imide groups is 1. The van der Waals surface area contributed by atoms with Gasteiger partial charge in [0.15, 0.2) is 17.1 Å². The molecular formula is C25H19N5O5. The van der Waals surface area contributed by atoms with Crippen LogP contribution in [-0.2, 0) is 19.4 Å². The SMILES string of the molecule is O=C1c2ccncc2C(=O)N1CCc1nc2ncccc2c(=O)n1CCc1ccc2c(c1)OCO2. The van der Waals surface area contributed by atoms with Crippen LogP contribution in [0.4, 0.5) is 0 Å². The molecule has 2 aliphatic heterocycles. The number of fused-ring (bicyclic) bond motifs is 3. The highest BCUT2D eigenvalue weighted by atomic mass is 16.7. The maximum absolute atomic E-state index is 13.3. The molecule has 0 unspecified atom stereocenters. The van der Waals surface area contributed by atoms with Gasteiger partial charge < -0.3 is 9.47 Å².